The maximum Gasteiger partial charge on any atom is 0.157 e. The molecule has 0 N–H and O–H groups in total. The fourth-order valence-corrected chi connectivity index (χ4v) is 3.57. The summed E-state index contributed by atoms with van der Waals surface area (Å²) < 4.78 is 1.93. The van der Waals surface area contributed by atoms with Crippen molar-refractivity contribution in [2.45, 2.75) is 27.2 Å². The van der Waals surface area contributed by atoms with Crippen molar-refractivity contribution in [3.05, 3.63) is 41.6 Å². The number of aryl methyl sites for hydroxylation is 2. The summed E-state index contributed by atoms with van der Waals surface area (Å²) in [4.78, 5) is 18.2. The highest BCUT2D eigenvalue weighted by molar-refractivity contribution is 5.54. The van der Waals surface area contributed by atoms with Crippen LogP contribution in [0.3, 0.4) is 0 Å². The smallest absolute Gasteiger partial charge is 0.157 e. The maximum atomic E-state index is 4.56. The number of nitrogens with zero attached hydrogens (tertiary/aromatic N) is 7. The van der Waals surface area contributed by atoms with E-state index in [4.69, 9.17) is 0 Å². The van der Waals surface area contributed by atoms with Gasteiger partial charge in [-0.1, -0.05) is 6.92 Å². The minimum atomic E-state index is 0.900. The molecule has 25 heavy (non-hydrogen) atoms. The van der Waals surface area contributed by atoms with Crippen molar-refractivity contribution in [2.75, 3.05) is 36.0 Å². The van der Waals surface area contributed by atoms with Gasteiger partial charge in [0, 0.05) is 55.3 Å². The van der Waals surface area contributed by atoms with Gasteiger partial charge in [-0.15, -0.1) is 0 Å². The number of hydrogen-bond acceptors (Lipinski definition) is 6. The number of rotatable bonds is 3. The van der Waals surface area contributed by atoms with Crippen LogP contribution in [0.15, 0.2) is 24.7 Å². The summed E-state index contributed by atoms with van der Waals surface area (Å²) in [6.07, 6.45) is 4.44. The Bertz CT molecular complexity index is 894. The number of hydrogen-bond donors (Lipinski definition) is 0. The lowest BCUT2D eigenvalue weighted by Crippen LogP contribution is -2.47. The van der Waals surface area contributed by atoms with Gasteiger partial charge in [-0.25, -0.2) is 15.0 Å². The van der Waals surface area contributed by atoms with Gasteiger partial charge in [0.2, 0.25) is 0 Å². The maximum absolute atomic E-state index is 4.56. The standard InChI is InChI=1S/C18H23N7/c1-4-15-14(3)19-12-20-18(15)24-9-7-23(8-10-24)17-11-13(2)22-16-5-6-21-25(16)17/h5-6,11-12H,4,7-10H2,1-3H3. The fourth-order valence-electron chi connectivity index (χ4n) is 3.57. The van der Waals surface area contributed by atoms with Crippen LogP contribution in [0, 0.1) is 13.8 Å². The second-order valence-electron chi connectivity index (χ2n) is 6.45. The average molecular weight is 337 g/mol. The van der Waals surface area contributed by atoms with E-state index in [1.807, 2.05) is 17.5 Å². The topological polar surface area (TPSA) is 62.5 Å². The van der Waals surface area contributed by atoms with Gasteiger partial charge in [-0.3, -0.25) is 0 Å². The summed E-state index contributed by atoms with van der Waals surface area (Å²) in [7, 11) is 0. The minimum absolute atomic E-state index is 0.900. The molecule has 1 aliphatic heterocycles. The van der Waals surface area contributed by atoms with E-state index in [0.717, 1.165) is 61.3 Å². The third-order valence-corrected chi connectivity index (χ3v) is 4.86. The molecule has 1 saturated heterocycles. The van der Waals surface area contributed by atoms with Gasteiger partial charge in [0.05, 0.1) is 6.20 Å². The Morgan fingerprint density at radius 1 is 1.04 bits per heavy atom. The normalized spacial score (nSPS) is 15.2. The van der Waals surface area contributed by atoms with E-state index >= 15 is 0 Å². The fraction of sp³-hybridized carbons (Fsp3) is 0.444. The van der Waals surface area contributed by atoms with Gasteiger partial charge in [0.15, 0.2) is 5.65 Å². The van der Waals surface area contributed by atoms with Gasteiger partial charge >= 0.3 is 0 Å². The summed E-state index contributed by atoms with van der Waals surface area (Å²) in [5, 5.41) is 4.43. The molecule has 0 saturated carbocycles. The van der Waals surface area contributed by atoms with Crippen LogP contribution < -0.4 is 9.80 Å². The molecule has 4 rings (SSSR count). The quantitative estimate of drug-likeness (QED) is 0.729. The van der Waals surface area contributed by atoms with Gasteiger partial charge in [0.25, 0.3) is 0 Å². The number of fused-ring (bicyclic) bond motifs is 1. The van der Waals surface area contributed by atoms with Crippen molar-refractivity contribution >= 4 is 17.3 Å². The second-order valence-corrected chi connectivity index (χ2v) is 6.45. The lowest BCUT2D eigenvalue weighted by molar-refractivity contribution is 0.629. The van der Waals surface area contributed by atoms with Gasteiger partial charge in [-0.2, -0.15) is 9.61 Å². The zero-order valence-electron chi connectivity index (χ0n) is 15.0. The van der Waals surface area contributed by atoms with Crippen LogP contribution in [0.25, 0.3) is 5.65 Å². The summed E-state index contributed by atoms with van der Waals surface area (Å²) in [6, 6.07) is 4.06. The predicted molar refractivity (Wildman–Crippen MR) is 98.3 cm³/mol. The Hall–Kier alpha value is -2.70. The second kappa shape index (κ2) is 6.31. The van der Waals surface area contributed by atoms with Crippen molar-refractivity contribution in [1.29, 1.82) is 0 Å². The SMILES string of the molecule is CCc1c(C)ncnc1N1CCN(c2cc(C)nc3ccnn23)CC1. The molecule has 0 unspecified atom stereocenters. The van der Waals surface area contributed by atoms with Crippen molar-refractivity contribution in [3.8, 4) is 0 Å². The Balaban J connectivity index is 1.57. The van der Waals surface area contributed by atoms with E-state index in [1.54, 1.807) is 12.5 Å². The van der Waals surface area contributed by atoms with Crippen molar-refractivity contribution in [1.82, 2.24) is 24.6 Å². The van der Waals surface area contributed by atoms with E-state index in [1.165, 1.54) is 5.56 Å². The number of anilines is 2. The van der Waals surface area contributed by atoms with E-state index < -0.39 is 0 Å². The molecule has 0 aromatic carbocycles. The Kier molecular flexibility index (Phi) is 3.99. The van der Waals surface area contributed by atoms with E-state index in [-0.39, 0.29) is 0 Å². The van der Waals surface area contributed by atoms with Crippen LogP contribution in [0.5, 0.6) is 0 Å². The molecule has 3 aromatic heterocycles. The zero-order chi connectivity index (χ0) is 17.4. The van der Waals surface area contributed by atoms with Crippen LogP contribution in [-0.4, -0.2) is 50.7 Å². The molecular weight excluding hydrogens is 314 g/mol. The molecule has 4 heterocycles. The average Bonchev–Trinajstić information content (AvgIpc) is 3.09. The molecule has 7 nitrogen and oxygen atoms in total. The highest BCUT2D eigenvalue weighted by Gasteiger charge is 2.22. The zero-order valence-corrected chi connectivity index (χ0v) is 15.0. The monoisotopic (exact) mass is 337 g/mol. The summed E-state index contributed by atoms with van der Waals surface area (Å²) in [6.45, 7) is 10.0. The van der Waals surface area contributed by atoms with Gasteiger partial charge in [0.1, 0.15) is 18.0 Å². The van der Waals surface area contributed by atoms with Crippen molar-refractivity contribution in [3.63, 3.8) is 0 Å². The third kappa shape index (κ3) is 2.79. The largest absolute Gasteiger partial charge is 0.353 e. The molecule has 0 amide bonds. The molecule has 0 atom stereocenters. The molecule has 1 aliphatic rings. The molecule has 0 bridgehead atoms. The molecule has 130 valence electrons. The summed E-state index contributed by atoms with van der Waals surface area (Å²) in [5.74, 6) is 2.20. The highest BCUT2D eigenvalue weighted by Crippen LogP contribution is 2.24. The molecule has 0 radical (unpaired) electrons. The van der Waals surface area contributed by atoms with E-state index in [9.17, 15) is 0 Å². The van der Waals surface area contributed by atoms with E-state index in [2.05, 4.69) is 49.8 Å². The molecular formula is C18H23N7. The lowest BCUT2D eigenvalue weighted by atomic mass is 10.1. The molecule has 0 spiro atoms. The van der Waals surface area contributed by atoms with Crippen molar-refractivity contribution in [2.24, 2.45) is 0 Å². The molecule has 1 fully saturated rings. The first-order valence-corrected chi connectivity index (χ1v) is 8.79. The first-order chi connectivity index (χ1) is 12.2. The Labute approximate surface area is 147 Å². The van der Waals surface area contributed by atoms with Crippen LogP contribution in [0.1, 0.15) is 23.9 Å². The highest BCUT2D eigenvalue weighted by atomic mass is 15.4. The van der Waals surface area contributed by atoms with Crippen LogP contribution in [0.2, 0.25) is 0 Å². The van der Waals surface area contributed by atoms with Gasteiger partial charge < -0.3 is 9.80 Å². The van der Waals surface area contributed by atoms with Crippen LogP contribution in [0.4, 0.5) is 11.6 Å². The predicted octanol–water partition coefficient (Wildman–Crippen LogP) is 2.03. The Morgan fingerprint density at radius 3 is 2.56 bits per heavy atom. The molecule has 0 aliphatic carbocycles. The van der Waals surface area contributed by atoms with E-state index in [0.29, 0.717) is 0 Å². The van der Waals surface area contributed by atoms with Crippen molar-refractivity contribution < 1.29 is 0 Å². The number of piperazine rings is 1. The first-order valence-electron chi connectivity index (χ1n) is 8.79. The lowest BCUT2D eigenvalue weighted by Gasteiger charge is -2.37. The number of aromatic nitrogens is 5. The third-order valence-electron chi connectivity index (χ3n) is 4.86. The summed E-state index contributed by atoms with van der Waals surface area (Å²) in [5.41, 5.74) is 4.25. The minimum Gasteiger partial charge on any atom is -0.353 e. The first kappa shape index (κ1) is 15.8. The van der Waals surface area contributed by atoms with Crippen LogP contribution >= 0.6 is 0 Å². The van der Waals surface area contributed by atoms with Gasteiger partial charge in [-0.05, 0) is 20.3 Å². The van der Waals surface area contributed by atoms with Crippen LogP contribution in [-0.2, 0) is 6.42 Å². The molecule has 3 aromatic rings. The summed E-state index contributed by atoms with van der Waals surface area (Å²) >= 11 is 0. The Morgan fingerprint density at radius 2 is 1.80 bits per heavy atom. The molecule has 7 heteroatoms.